The van der Waals surface area contributed by atoms with Crippen molar-refractivity contribution in [3.05, 3.63) is 0 Å². The molecular weight excluding hydrogens is 166 g/mol. The van der Waals surface area contributed by atoms with Gasteiger partial charge in [0.2, 0.25) is 0 Å². The average molecular weight is 185 g/mol. The van der Waals surface area contributed by atoms with Gasteiger partial charge in [0, 0.05) is 12.1 Å². The fraction of sp³-hybridized carbons (Fsp3) is 0.900. The number of aliphatic carboxylic acids is 1. The first-order valence-corrected chi connectivity index (χ1v) is 4.72. The SMILES string of the molecule is CC1(C)CNC(C)(C)C(C(=O)O)C1. The lowest BCUT2D eigenvalue weighted by molar-refractivity contribution is -0.147. The molecule has 1 fully saturated rings. The molecule has 76 valence electrons. The van der Waals surface area contributed by atoms with Crippen LogP contribution < -0.4 is 5.32 Å². The molecule has 1 unspecified atom stereocenters. The van der Waals surface area contributed by atoms with Gasteiger partial charge in [-0.15, -0.1) is 0 Å². The van der Waals surface area contributed by atoms with Crippen molar-refractivity contribution in [3.8, 4) is 0 Å². The third-order valence-corrected chi connectivity index (χ3v) is 2.95. The van der Waals surface area contributed by atoms with Crippen LogP contribution >= 0.6 is 0 Å². The molecule has 0 aromatic carbocycles. The lowest BCUT2D eigenvalue weighted by Crippen LogP contribution is -2.57. The molecule has 0 aliphatic carbocycles. The van der Waals surface area contributed by atoms with Crippen molar-refractivity contribution < 1.29 is 9.90 Å². The molecule has 1 saturated heterocycles. The number of hydrogen-bond acceptors (Lipinski definition) is 2. The summed E-state index contributed by atoms with van der Waals surface area (Å²) in [5.41, 5.74) is -0.181. The van der Waals surface area contributed by atoms with Crippen LogP contribution in [0.3, 0.4) is 0 Å². The number of carboxylic acid groups (broad SMARTS) is 1. The summed E-state index contributed by atoms with van der Waals surface area (Å²) in [6.45, 7) is 9.02. The van der Waals surface area contributed by atoms with Crippen molar-refractivity contribution in [1.82, 2.24) is 5.32 Å². The zero-order chi connectivity index (χ0) is 10.3. The van der Waals surface area contributed by atoms with Gasteiger partial charge in [-0.1, -0.05) is 13.8 Å². The summed E-state index contributed by atoms with van der Waals surface area (Å²) in [6.07, 6.45) is 0.752. The van der Waals surface area contributed by atoms with E-state index in [0.717, 1.165) is 13.0 Å². The molecule has 3 nitrogen and oxygen atoms in total. The first-order valence-electron chi connectivity index (χ1n) is 4.72. The van der Waals surface area contributed by atoms with Crippen molar-refractivity contribution in [1.29, 1.82) is 0 Å². The predicted molar refractivity (Wildman–Crippen MR) is 51.6 cm³/mol. The zero-order valence-corrected chi connectivity index (χ0v) is 8.85. The molecule has 1 aliphatic heterocycles. The standard InChI is InChI=1S/C10H19NO2/c1-9(2)5-7(8(12)13)10(3,4)11-6-9/h7,11H,5-6H2,1-4H3,(H,12,13). The smallest absolute Gasteiger partial charge is 0.308 e. The van der Waals surface area contributed by atoms with E-state index in [2.05, 4.69) is 19.2 Å². The Labute approximate surface area is 79.5 Å². The van der Waals surface area contributed by atoms with Crippen molar-refractivity contribution in [2.24, 2.45) is 11.3 Å². The normalized spacial score (nSPS) is 31.2. The number of carboxylic acids is 1. The summed E-state index contributed by atoms with van der Waals surface area (Å²) in [5, 5.41) is 12.4. The molecule has 0 aromatic rings. The van der Waals surface area contributed by atoms with E-state index >= 15 is 0 Å². The van der Waals surface area contributed by atoms with Gasteiger partial charge in [-0.2, -0.15) is 0 Å². The average Bonchev–Trinajstić information content (AvgIpc) is 1.95. The highest BCUT2D eigenvalue weighted by atomic mass is 16.4. The number of piperidine rings is 1. The minimum absolute atomic E-state index is 0.0958. The van der Waals surface area contributed by atoms with E-state index in [-0.39, 0.29) is 16.9 Å². The number of hydrogen-bond donors (Lipinski definition) is 2. The van der Waals surface area contributed by atoms with Gasteiger partial charge < -0.3 is 10.4 Å². The summed E-state index contributed by atoms with van der Waals surface area (Å²) < 4.78 is 0. The summed E-state index contributed by atoms with van der Waals surface area (Å²) in [6, 6.07) is 0. The van der Waals surface area contributed by atoms with E-state index in [9.17, 15) is 4.79 Å². The highest BCUT2D eigenvalue weighted by Crippen LogP contribution is 2.36. The van der Waals surface area contributed by atoms with Crippen molar-refractivity contribution in [2.45, 2.75) is 39.7 Å². The maximum Gasteiger partial charge on any atom is 0.308 e. The predicted octanol–water partition coefficient (Wildman–Crippen LogP) is 1.49. The quantitative estimate of drug-likeness (QED) is 0.650. The van der Waals surface area contributed by atoms with Gasteiger partial charge in [0.05, 0.1) is 5.92 Å². The van der Waals surface area contributed by atoms with Crippen LogP contribution in [0.15, 0.2) is 0 Å². The first kappa shape index (κ1) is 10.5. The summed E-state index contributed by atoms with van der Waals surface area (Å²) in [5.74, 6) is -0.971. The van der Waals surface area contributed by atoms with Gasteiger partial charge in [0.1, 0.15) is 0 Å². The molecule has 1 heterocycles. The highest BCUT2D eigenvalue weighted by Gasteiger charge is 2.43. The van der Waals surface area contributed by atoms with Crippen LogP contribution in [-0.2, 0) is 4.79 Å². The minimum Gasteiger partial charge on any atom is -0.481 e. The van der Waals surface area contributed by atoms with E-state index in [1.807, 2.05) is 13.8 Å². The monoisotopic (exact) mass is 185 g/mol. The lowest BCUT2D eigenvalue weighted by atomic mass is 9.71. The Morgan fingerprint density at radius 1 is 1.38 bits per heavy atom. The Hall–Kier alpha value is -0.570. The zero-order valence-electron chi connectivity index (χ0n) is 8.85. The van der Waals surface area contributed by atoms with Crippen LogP contribution in [0.1, 0.15) is 34.1 Å². The fourth-order valence-electron chi connectivity index (χ4n) is 1.87. The molecule has 0 amide bonds. The molecule has 1 atom stereocenters. The fourth-order valence-corrected chi connectivity index (χ4v) is 1.87. The lowest BCUT2D eigenvalue weighted by Gasteiger charge is -2.44. The molecule has 3 heteroatoms. The van der Waals surface area contributed by atoms with Gasteiger partial charge in [-0.05, 0) is 25.7 Å². The van der Waals surface area contributed by atoms with E-state index in [0.29, 0.717) is 0 Å². The maximum atomic E-state index is 11.0. The first-order chi connectivity index (χ1) is 5.75. The molecule has 0 aromatic heterocycles. The van der Waals surface area contributed by atoms with E-state index in [4.69, 9.17) is 5.11 Å². The molecule has 13 heavy (non-hydrogen) atoms. The molecular formula is C10H19NO2. The van der Waals surface area contributed by atoms with Crippen LogP contribution in [0.2, 0.25) is 0 Å². The third-order valence-electron chi connectivity index (χ3n) is 2.95. The van der Waals surface area contributed by atoms with E-state index < -0.39 is 5.97 Å². The van der Waals surface area contributed by atoms with E-state index in [1.54, 1.807) is 0 Å². The molecule has 1 rings (SSSR count). The summed E-state index contributed by atoms with van der Waals surface area (Å²) in [7, 11) is 0. The molecule has 1 aliphatic rings. The molecule has 0 saturated carbocycles. The Balaban J connectivity index is 2.82. The number of carbonyl (C=O) groups is 1. The van der Waals surface area contributed by atoms with Crippen LogP contribution in [0.25, 0.3) is 0 Å². The highest BCUT2D eigenvalue weighted by molar-refractivity contribution is 5.72. The molecule has 2 N–H and O–H groups in total. The van der Waals surface area contributed by atoms with Crippen molar-refractivity contribution in [3.63, 3.8) is 0 Å². The van der Waals surface area contributed by atoms with Gasteiger partial charge >= 0.3 is 5.97 Å². The van der Waals surface area contributed by atoms with Crippen molar-refractivity contribution in [2.75, 3.05) is 6.54 Å². The van der Waals surface area contributed by atoms with Gasteiger partial charge in [-0.3, -0.25) is 4.79 Å². The summed E-state index contributed by atoms with van der Waals surface area (Å²) >= 11 is 0. The Kier molecular flexibility index (Phi) is 2.41. The summed E-state index contributed by atoms with van der Waals surface area (Å²) in [4.78, 5) is 11.0. The van der Waals surface area contributed by atoms with Crippen LogP contribution in [-0.4, -0.2) is 23.2 Å². The van der Waals surface area contributed by atoms with Crippen molar-refractivity contribution >= 4 is 5.97 Å². The Morgan fingerprint density at radius 2 is 1.92 bits per heavy atom. The second-order valence-corrected chi connectivity index (χ2v) is 5.33. The third kappa shape index (κ3) is 2.21. The van der Waals surface area contributed by atoms with Crippen LogP contribution in [0.5, 0.6) is 0 Å². The second-order valence-electron chi connectivity index (χ2n) is 5.33. The number of nitrogens with one attached hydrogen (secondary N) is 1. The molecule has 0 bridgehead atoms. The Morgan fingerprint density at radius 3 is 2.31 bits per heavy atom. The number of rotatable bonds is 1. The van der Waals surface area contributed by atoms with Gasteiger partial charge in [-0.25, -0.2) is 0 Å². The van der Waals surface area contributed by atoms with E-state index in [1.165, 1.54) is 0 Å². The minimum atomic E-state index is -0.690. The van der Waals surface area contributed by atoms with Gasteiger partial charge in [0.25, 0.3) is 0 Å². The molecule has 0 spiro atoms. The Bertz CT molecular complexity index is 221. The second kappa shape index (κ2) is 2.98. The molecule has 0 radical (unpaired) electrons. The largest absolute Gasteiger partial charge is 0.481 e. The van der Waals surface area contributed by atoms with Crippen LogP contribution in [0.4, 0.5) is 0 Å². The van der Waals surface area contributed by atoms with Crippen LogP contribution in [0, 0.1) is 11.3 Å². The van der Waals surface area contributed by atoms with Gasteiger partial charge in [0.15, 0.2) is 0 Å². The maximum absolute atomic E-state index is 11.0. The topological polar surface area (TPSA) is 49.3 Å².